The van der Waals surface area contributed by atoms with Crippen molar-refractivity contribution in [1.29, 1.82) is 0 Å². The van der Waals surface area contributed by atoms with Gasteiger partial charge < -0.3 is 5.11 Å². The molecule has 2 rings (SSSR count). The molecule has 0 amide bonds. The van der Waals surface area contributed by atoms with Crippen molar-refractivity contribution in [2.75, 3.05) is 0 Å². The van der Waals surface area contributed by atoms with Crippen molar-refractivity contribution < 1.29 is 9.50 Å². The molecule has 3 nitrogen and oxygen atoms in total. The van der Waals surface area contributed by atoms with Gasteiger partial charge in [-0.15, -0.1) is 0 Å². The lowest BCUT2D eigenvalue weighted by Gasteiger charge is -2.09. The first-order valence-corrected chi connectivity index (χ1v) is 4.89. The Labute approximate surface area is 92.6 Å². The van der Waals surface area contributed by atoms with E-state index in [9.17, 15) is 9.50 Å². The molecule has 0 aliphatic heterocycles. The van der Waals surface area contributed by atoms with Gasteiger partial charge in [-0.25, -0.2) is 14.4 Å². The fourth-order valence-electron chi connectivity index (χ4n) is 1.34. The number of benzene rings is 1. The number of aryl methyl sites for hydroxylation is 1. The molecular formula is C12H11FN2O. The number of hydrogen-bond donors (Lipinski definition) is 1. The zero-order chi connectivity index (χ0) is 11.5. The molecule has 1 N–H and O–H groups in total. The van der Waals surface area contributed by atoms with Crippen molar-refractivity contribution in [3.05, 3.63) is 59.4 Å². The highest BCUT2D eigenvalue weighted by Crippen LogP contribution is 2.18. The van der Waals surface area contributed by atoms with E-state index < -0.39 is 6.10 Å². The van der Waals surface area contributed by atoms with E-state index in [2.05, 4.69) is 9.97 Å². The van der Waals surface area contributed by atoms with Gasteiger partial charge in [0.2, 0.25) is 0 Å². The van der Waals surface area contributed by atoms with Crippen LogP contribution in [0.2, 0.25) is 0 Å². The molecule has 82 valence electrons. The third-order valence-electron chi connectivity index (χ3n) is 2.23. The summed E-state index contributed by atoms with van der Waals surface area (Å²) in [5.74, 6) is -0.0158. The highest BCUT2D eigenvalue weighted by Gasteiger charge is 2.12. The lowest BCUT2D eigenvalue weighted by molar-refractivity contribution is 0.209. The van der Waals surface area contributed by atoms with Gasteiger partial charge in [-0.3, -0.25) is 0 Å². The van der Waals surface area contributed by atoms with Gasteiger partial charge >= 0.3 is 0 Å². The Balaban J connectivity index is 2.28. The average molecular weight is 218 g/mol. The standard InChI is InChI=1S/C12H11FN2O/c1-8-6-14-12(15-7-8)11(16)9-2-4-10(13)5-3-9/h2-7,11,16H,1H3. The van der Waals surface area contributed by atoms with Crippen LogP contribution in [0.15, 0.2) is 36.7 Å². The minimum Gasteiger partial charge on any atom is -0.380 e. The molecule has 16 heavy (non-hydrogen) atoms. The Morgan fingerprint density at radius 3 is 2.25 bits per heavy atom. The second-order valence-corrected chi connectivity index (χ2v) is 3.57. The summed E-state index contributed by atoms with van der Waals surface area (Å²) in [6.07, 6.45) is 2.35. The first-order chi connectivity index (χ1) is 7.66. The summed E-state index contributed by atoms with van der Waals surface area (Å²) in [4.78, 5) is 8.04. The zero-order valence-corrected chi connectivity index (χ0v) is 8.76. The van der Waals surface area contributed by atoms with E-state index >= 15 is 0 Å². The maximum atomic E-state index is 12.7. The van der Waals surface area contributed by atoms with Crippen LogP contribution in [0.25, 0.3) is 0 Å². The predicted octanol–water partition coefficient (Wildman–Crippen LogP) is 2.01. The first-order valence-electron chi connectivity index (χ1n) is 4.89. The third kappa shape index (κ3) is 2.23. The number of hydrogen-bond acceptors (Lipinski definition) is 3. The maximum absolute atomic E-state index is 12.7. The van der Waals surface area contributed by atoms with Crippen molar-refractivity contribution in [1.82, 2.24) is 9.97 Å². The summed E-state index contributed by atoms with van der Waals surface area (Å²) in [5.41, 5.74) is 1.50. The highest BCUT2D eigenvalue weighted by atomic mass is 19.1. The SMILES string of the molecule is Cc1cnc(C(O)c2ccc(F)cc2)nc1. The average Bonchev–Trinajstić information content (AvgIpc) is 2.30. The predicted molar refractivity (Wildman–Crippen MR) is 57.2 cm³/mol. The molecular weight excluding hydrogens is 207 g/mol. The Morgan fingerprint density at radius 2 is 1.69 bits per heavy atom. The van der Waals surface area contributed by atoms with Crippen LogP contribution in [-0.2, 0) is 0 Å². The van der Waals surface area contributed by atoms with Gasteiger partial charge in [0.05, 0.1) is 0 Å². The van der Waals surface area contributed by atoms with Crippen LogP contribution in [0.5, 0.6) is 0 Å². The maximum Gasteiger partial charge on any atom is 0.161 e. The number of rotatable bonds is 2. The van der Waals surface area contributed by atoms with Crippen LogP contribution in [0.1, 0.15) is 23.1 Å². The topological polar surface area (TPSA) is 46.0 Å². The van der Waals surface area contributed by atoms with Crippen molar-refractivity contribution in [2.24, 2.45) is 0 Å². The molecule has 4 heteroatoms. The zero-order valence-electron chi connectivity index (χ0n) is 8.76. The van der Waals surface area contributed by atoms with Crippen LogP contribution < -0.4 is 0 Å². The highest BCUT2D eigenvalue weighted by molar-refractivity contribution is 5.23. The molecule has 0 saturated heterocycles. The van der Waals surface area contributed by atoms with Crippen molar-refractivity contribution >= 4 is 0 Å². The molecule has 0 fully saturated rings. The molecule has 0 bridgehead atoms. The normalized spacial score (nSPS) is 12.4. The summed E-state index contributed by atoms with van der Waals surface area (Å²) < 4.78 is 12.7. The minimum absolute atomic E-state index is 0.317. The van der Waals surface area contributed by atoms with Gasteiger partial charge in [0.25, 0.3) is 0 Å². The second kappa shape index (κ2) is 4.37. The molecule has 0 aliphatic carbocycles. The number of aliphatic hydroxyl groups is 1. The van der Waals surface area contributed by atoms with Crippen LogP contribution in [0.3, 0.4) is 0 Å². The molecule has 0 aliphatic rings. The summed E-state index contributed by atoms with van der Waals surface area (Å²) in [6.45, 7) is 1.87. The van der Waals surface area contributed by atoms with Crippen molar-refractivity contribution in [3.63, 3.8) is 0 Å². The van der Waals surface area contributed by atoms with Gasteiger partial charge in [-0.05, 0) is 30.2 Å². The Bertz CT molecular complexity index is 422. The lowest BCUT2D eigenvalue weighted by atomic mass is 10.1. The van der Waals surface area contributed by atoms with E-state index in [1.54, 1.807) is 12.4 Å². The lowest BCUT2D eigenvalue weighted by Crippen LogP contribution is -2.05. The van der Waals surface area contributed by atoms with Gasteiger partial charge in [0, 0.05) is 12.4 Å². The molecule has 0 spiro atoms. The number of aliphatic hydroxyl groups excluding tert-OH is 1. The Morgan fingerprint density at radius 1 is 1.12 bits per heavy atom. The van der Waals surface area contributed by atoms with Crippen LogP contribution >= 0.6 is 0 Å². The first kappa shape index (κ1) is 10.7. The van der Waals surface area contributed by atoms with Crippen LogP contribution in [0.4, 0.5) is 4.39 Å². The molecule has 1 heterocycles. The van der Waals surface area contributed by atoms with Crippen molar-refractivity contribution in [2.45, 2.75) is 13.0 Å². The van der Waals surface area contributed by atoms with E-state index in [0.717, 1.165) is 5.56 Å². The fraction of sp³-hybridized carbons (Fsp3) is 0.167. The van der Waals surface area contributed by atoms with E-state index in [-0.39, 0.29) is 5.82 Å². The van der Waals surface area contributed by atoms with Gasteiger partial charge in [0.15, 0.2) is 5.82 Å². The second-order valence-electron chi connectivity index (χ2n) is 3.57. The molecule has 0 radical (unpaired) electrons. The van der Waals surface area contributed by atoms with E-state index in [4.69, 9.17) is 0 Å². The third-order valence-corrected chi connectivity index (χ3v) is 2.23. The number of nitrogens with zero attached hydrogens (tertiary/aromatic N) is 2. The number of aromatic nitrogens is 2. The quantitative estimate of drug-likeness (QED) is 0.838. The van der Waals surface area contributed by atoms with E-state index in [0.29, 0.717) is 11.4 Å². The Hall–Kier alpha value is -1.81. The Kier molecular flexibility index (Phi) is 2.92. The molecule has 2 aromatic rings. The molecule has 1 aromatic heterocycles. The fourth-order valence-corrected chi connectivity index (χ4v) is 1.34. The summed E-state index contributed by atoms with van der Waals surface area (Å²) in [6, 6.07) is 5.63. The molecule has 1 unspecified atom stereocenters. The van der Waals surface area contributed by atoms with Crippen LogP contribution in [0, 0.1) is 12.7 Å². The molecule has 0 saturated carbocycles. The monoisotopic (exact) mass is 218 g/mol. The molecule has 1 aromatic carbocycles. The van der Waals surface area contributed by atoms with E-state index in [1.807, 2.05) is 6.92 Å². The smallest absolute Gasteiger partial charge is 0.161 e. The van der Waals surface area contributed by atoms with Crippen LogP contribution in [-0.4, -0.2) is 15.1 Å². The summed E-state index contributed by atoms with van der Waals surface area (Å²) in [7, 11) is 0. The van der Waals surface area contributed by atoms with E-state index in [1.165, 1.54) is 24.3 Å². The number of halogens is 1. The molecule has 1 atom stereocenters. The summed E-state index contributed by atoms with van der Waals surface area (Å²) in [5, 5.41) is 9.93. The largest absolute Gasteiger partial charge is 0.380 e. The van der Waals surface area contributed by atoms with Crippen molar-refractivity contribution in [3.8, 4) is 0 Å². The summed E-state index contributed by atoms with van der Waals surface area (Å²) >= 11 is 0. The van der Waals surface area contributed by atoms with Gasteiger partial charge in [-0.2, -0.15) is 0 Å². The van der Waals surface area contributed by atoms with Gasteiger partial charge in [-0.1, -0.05) is 12.1 Å². The minimum atomic E-state index is -0.916. The van der Waals surface area contributed by atoms with Gasteiger partial charge in [0.1, 0.15) is 11.9 Å².